The van der Waals surface area contributed by atoms with E-state index in [1.165, 1.54) is 0 Å². The molecule has 1 aromatic heterocycles. The Labute approximate surface area is 163 Å². The zero-order valence-corrected chi connectivity index (χ0v) is 16.8. The first kappa shape index (κ1) is 19.4. The van der Waals surface area contributed by atoms with Crippen molar-refractivity contribution in [2.75, 3.05) is 29.2 Å². The Hall–Kier alpha value is -2.38. The van der Waals surface area contributed by atoms with Crippen molar-refractivity contribution in [2.24, 2.45) is 0 Å². The number of hydrogen-bond acceptors (Lipinski definition) is 4. The maximum absolute atomic E-state index is 11.4. The van der Waals surface area contributed by atoms with Crippen LogP contribution in [-0.2, 0) is 16.6 Å². The van der Waals surface area contributed by atoms with Gasteiger partial charge in [-0.3, -0.25) is 4.72 Å². The third kappa shape index (κ3) is 4.14. The van der Waals surface area contributed by atoms with Crippen molar-refractivity contribution in [3.05, 3.63) is 42.5 Å². The lowest BCUT2D eigenvalue weighted by Crippen LogP contribution is -2.09. The molecule has 0 radical (unpaired) electrons. The Kier molecular flexibility index (Phi) is 5.53. The molecule has 0 saturated carbocycles. The van der Waals surface area contributed by atoms with E-state index in [1.807, 2.05) is 37.3 Å². The average Bonchev–Trinajstić information content (AvgIpc) is 2.91. The van der Waals surface area contributed by atoms with Crippen molar-refractivity contribution in [2.45, 2.75) is 13.5 Å². The molecular formula is C19H22ClN3O3S. The summed E-state index contributed by atoms with van der Waals surface area (Å²) in [5, 5.41) is 0.948. The molecule has 0 bridgehead atoms. The lowest BCUT2D eigenvalue weighted by Gasteiger charge is -2.11. The highest BCUT2D eigenvalue weighted by Gasteiger charge is 2.16. The molecule has 2 aromatic carbocycles. The van der Waals surface area contributed by atoms with Crippen LogP contribution in [-0.4, -0.2) is 31.7 Å². The SMILES string of the molecule is CCn1c(-c2ccc(NS(C)(=O)=O)cc2)c(N)c2ccc(OCCCl)cc21. The van der Waals surface area contributed by atoms with E-state index in [-0.39, 0.29) is 0 Å². The first-order chi connectivity index (χ1) is 12.8. The number of aryl methyl sites for hydroxylation is 1. The van der Waals surface area contributed by atoms with Gasteiger partial charge in [0.25, 0.3) is 0 Å². The maximum atomic E-state index is 11.4. The third-order valence-corrected chi connectivity index (χ3v) is 4.96. The molecule has 0 aliphatic rings. The van der Waals surface area contributed by atoms with Crippen LogP contribution in [0.5, 0.6) is 5.75 Å². The van der Waals surface area contributed by atoms with Crippen LogP contribution in [0, 0.1) is 0 Å². The number of anilines is 2. The normalized spacial score (nSPS) is 11.7. The predicted octanol–water partition coefficient (Wildman–Crippen LogP) is 3.90. The van der Waals surface area contributed by atoms with Crippen LogP contribution in [0.4, 0.5) is 11.4 Å². The number of benzene rings is 2. The third-order valence-electron chi connectivity index (χ3n) is 4.20. The van der Waals surface area contributed by atoms with Gasteiger partial charge in [-0.05, 0) is 31.2 Å². The van der Waals surface area contributed by atoms with E-state index >= 15 is 0 Å². The van der Waals surface area contributed by atoms with E-state index in [0.29, 0.717) is 23.9 Å². The van der Waals surface area contributed by atoms with Crippen molar-refractivity contribution in [3.63, 3.8) is 0 Å². The summed E-state index contributed by atoms with van der Waals surface area (Å²) in [6, 6.07) is 13.0. The Morgan fingerprint density at radius 2 is 1.89 bits per heavy atom. The van der Waals surface area contributed by atoms with E-state index in [9.17, 15) is 8.42 Å². The Bertz CT molecular complexity index is 1060. The molecule has 0 unspecified atom stereocenters. The second-order valence-electron chi connectivity index (χ2n) is 6.17. The molecule has 3 N–H and O–H groups in total. The van der Waals surface area contributed by atoms with Gasteiger partial charge < -0.3 is 15.0 Å². The molecule has 0 saturated heterocycles. The zero-order valence-electron chi connectivity index (χ0n) is 15.2. The molecule has 6 nitrogen and oxygen atoms in total. The summed E-state index contributed by atoms with van der Waals surface area (Å²) in [7, 11) is -3.31. The summed E-state index contributed by atoms with van der Waals surface area (Å²) < 4.78 is 33.0. The molecule has 0 aliphatic carbocycles. The van der Waals surface area contributed by atoms with Gasteiger partial charge in [-0.25, -0.2) is 8.42 Å². The van der Waals surface area contributed by atoms with Crippen LogP contribution in [0.1, 0.15) is 6.92 Å². The predicted molar refractivity (Wildman–Crippen MR) is 112 cm³/mol. The van der Waals surface area contributed by atoms with Gasteiger partial charge in [0.2, 0.25) is 10.0 Å². The smallest absolute Gasteiger partial charge is 0.229 e. The Balaban J connectivity index is 2.06. The number of nitrogens with one attached hydrogen (secondary N) is 1. The number of nitrogens with two attached hydrogens (primary N) is 1. The van der Waals surface area contributed by atoms with Crippen LogP contribution in [0.3, 0.4) is 0 Å². The maximum Gasteiger partial charge on any atom is 0.229 e. The molecule has 0 spiro atoms. The molecule has 27 heavy (non-hydrogen) atoms. The van der Waals surface area contributed by atoms with E-state index < -0.39 is 10.0 Å². The fourth-order valence-corrected chi connectivity index (χ4v) is 3.79. The molecule has 0 fully saturated rings. The van der Waals surface area contributed by atoms with E-state index in [4.69, 9.17) is 22.1 Å². The Morgan fingerprint density at radius 1 is 1.19 bits per heavy atom. The molecule has 0 amide bonds. The zero-order chi connectivity index (χ0) is 19.6. The second kappa shape index (κ2) is 7.70. The quantitative estimate of drug-likeness (QED) is 0.581. The number of hydrogen-bond donors (Lipinski definition) is 2. The first-order valence-corrected chi connectivity index (χ1v) is 11.0. The number of sulfonamides is 1. The van der Waals surface area contributed by atoms with Gasteiger partial charge in [0, 0.05) is 29.2 Å². The van der Waals surface area contributed by atoms with Gasteiger partial charge in [0.15, 0.2) is 0 Å². The van der Waals surface area contributed by atoms with Crippen LogP contribution in [0.2, 0.25) is 0 Å². The second-order valence-corrected chi connectivity index (χ2v) is 8.30. The summed E-state index contributed by atoms with van der Waals surface area (Å²) >= 11 is 5.70. The highest BCUT2D eigenvalue weighted by atomic mass is 35.5. The minimum atomic E-state index is -3.31. The van der Waals surface area contributed by atoms with Gasteiger partial charge in [-0.15, -0.1) is 11.6 Å². The van der Waals surface area contributed by atoms with Crippen LogP contribution >= 0.6 is 11.6 Å². The molecule has 0 aliphatic heterocycles. The molecule has 3 aromatic rings. The van der Waals surface area contributed by atoms with Crippen molar-refractivity contribution >= 4 is 43.9 Å². The van der Waals surface area contributed by atoms with Crippen molar-refractivity contribution in [1.82, 2.24) is 4.57 Å². The van der Waals surface area contributed by atoms with Crippen molar-refractivity contribution in [3.8, 4) is 17.0 Å². The number of fused-ring (bicyclic) bond motifs is 1. The van der Waals surface area contributed by atoms with Crippen LogP contribution < -0.4 is 15.2 Å². The molecular weight excluding hydrogens is 386 g/mol. The number of aromatic nitrogens is 1. The lowest BCUT2D eigenvalue weighted by atomic mass is 10.1. The van der Waals surface area contributed by atoms with E-state index in [0.717, 1.165) is 40.7 Å². The summed E-state index contributed by atoms with van der Waals surface area (Å²) in [4.78, 5) is 0. The Morgan fingerprint density at radius 3 is 2.48 bits per heavy atom. The number of ether oxygens (including phenoxy) is 1. The van der Waals surface area contributed by atoms with Crippen LogP contribution in [0.25, 0.3) is 22.2 Å². The molecule has 144 valence electrons. The van der Waals surface area contributed by atoms with Crippen molar-refractivity contribution in [1.29, 1.82) is 0 Å². The minimum absolute atomic E-state index is 0.425. The van der Waals surface area contributed by atoms with Gasteiger partial charge >= 0.3 is 0 Å². The highest BCUT2D eigenvalue weighted by molar-refractivity contribution is 7.92. The minimum Gasteiger partial charge on any atom is -0.492 e. The molecule has 1 heterocycles. The monoisotopic (exact) mass is 407 g/mol. The van der Waals surface area contributed by atoms with E-state index in [1.54, 1.807) is 12.1 Å². The van der Waals surface area contributed by atoms with Crippen molar-refractivity contribution < 1.29 is 13.2 Å². The molecule has 8 heteroatoms. The lowest BCUT2D eigenvalue weighted by molar-refractivity contribution is 0.343. The number of halogens is 1. The van der Waals surface area contributed by atoms with Gasteiger partial charge in [-0.2, -0.15) is 0 Å². The number of nitrogen functional groups attached to an aromatic ring is 1. The average molecular weight is 408 g/mol. The van der Waals surface area contributed by atoms with Gasteiger partial charge in [-0.1, -0.05) is 12.1 Å². The summed E-state index contributed by atoms with van der Waals surface area (Å²) in [6.07, 6.45) is 1.12. The fourth-order valence-electron chi connectivity index (χ4n) is 3.15. The largest absolute Gasteiger partial charge is 0.492 e. The fraction of sp³-hybridized carbons (Fsp3) is 0.263. The van der Waals surface area contributed by atoms with Gasteiger partial charge in [0.1, 0.15) is 12.4 Å². The number of alkyl halides is 1. The number of rotatable bonds is 7. The van der Waals surface area contributed by atoms with E-state index in [2.05, 4.69) is 9.29 Å². The van der Waals surface area contributed by atoms with Crippen LogP contribution in [0.15, 0.2) is 42.5 Å². The topological polar surface area (TPSA) is 86.4 Å². The van der Waals surface area contributed by atoms with Gasteiger partial charge in [0.05, 0.1) is 29.0 Å². The molecule has 0 atom stereocenters. The standard InChI is InChI=1S/C19H22ClN3O3S/c1-3-23-17-12-15(26-11-10-20)8-9-16(17)18(21)19(23)13-4-6-14(7-5-13)22-27(2,24)25/h4-9,12,22H,3,10-11,21H2,1-2H3. The summed E-state index contributed by atoms with van der Waals surface area (Å²) in [5.41, 5.74) is 10.4. The number of nitrogens with zero attached hydrogens (tertiary/aromatic N) is 1. The summed E-state index contributed by atoms with van der Waals surface area (Å²) in [5.74, 6) is 1.17. The molecule has 3 rings (SSSR count). The highest BCUT2D eigenvalue weighted by Crippen LogP contribution is 2.38. The summed E-state index contributed by atoms with van der Waals surface area (Å²) in [6.45, 7) is 3.22. The first-order valence-electron chi connectivity index (χ1n) is 8.52.